The summed E-state index contributed by atoms with van der Waals surface area (Å²) >= 11 is 1.74. The van der Waals surface area contributed by atoms with Gasteiger partial charge in [-0.1, -0.05) is 12.1 Å². The maximum absolute atomic E-state index is 11.5. The molecular formula is C17H17N3O3S. The van der Waals surface area contributed by atoms with Crippen LogP contribution in [0.15, 0.2) is 34.9 Å². The topological polar surface area (TPSA) is 68.5 Å². The predicted octanol–water partition coefficient (Wildman–Crippen LogP) is 3.41. The lowest BCUT2D eigenvalue weighted by Crippen LogP contribution is -2.23. The molecule has 1 aromatic carbocycles. The van der Waals surface area contributed by atoms with Gasteiger partial charge in [0.25, 0.3) is 0 Å². The highest BCUT2D eigenvalue weighted by Crippen LogP contribution is 2.37. The highest BCUT2D eigenvalue weighted by Gasteiger charge is 2.30. The Morgan fingerprint density at radius 3 is 3.12 bits per heavy atom. The van der Waals surface area contributed by atoms with E-state index in [-0.39, 0.29) is 11.7 Å². The maximum atomic E-state index is 11.5. The van der Waals surface area contributed by atoms with E-state index in [9.17, 15) is 4.79 Å². The van der Waals surface area contributed by atoms with Crippen LogP contribution in [0.25, 0.3) is 10.2 Å². The van der Waals surface area contributed by atoms with E-state index in [2.05, 4.69) is 20.7 Å². The Morgan fingerprint density at radius 1 is 1.42 bits per heavy atom. The van der Waals surface area contributed by atoms with E-state index < -0.39 is 5.97 Å². The molecule has 1 aliphatic rings. The van der Waals surface area contributed by atoms with Crippen molar-refractivity contribution in [3.63, 3.8) is 0 Å². The molecule has 7 heteroatoms. The Labute approximate surface area is 143 Å². The number of nitrogens with zero attached hydrogens (tertiary/aromatic N) is 3. The molecule has 0 saturated carbocycles. The Bertz CT molecular complexity index is 840. The van der Waals surface area contributed by atoms with E-state index in [0.717, 1.165) is 29.9 Å². The number of benzene rings is 1. The molecule has 0 N–H and O–H groups in total. The van der Waals surface area contributed by atoms with E-state index in [4.69, 9.17) is 9.40 Å². The predicted molar refractivity (Wildman–Crippen MR) is 89.8 cm³/mol. The van der Waals surface area contributed by atoms with Crippen LogP contribution in [0.4, 0.5) is 0 Å². The van der Waals surface area contributed by atoms with Crippen LogP contribution < -0.4 is 0 Å². The maximum Gasteiger partial charge on any atom is 0.360 e. The van der Waals surface area contributed by atoms with Crippen LogP contribution in [0.2, 0.25) is 0 Å². The van der Waals surface area contributed by atoms with Crippen molar-refractivity contribution in [2.24, 2.45) is 0 Å². The van der Waals surface area contributed by atoms with Crippen molar-refractivity contribution in [3.05, 3.63) is 47.1 Å². The number of carbonyl (C=O) groups excluding carboxylic acids is 1. The highest BCUT2D eigenvalue weighted by atomic mass is 32.1. The molecule has 0 bridgehead atoms. The second-order valence-corrected chi connectivity index (χ2v) is 6.83. The molecule has 4 rings (SSSR count). The van der Waals surface area contributed by atoms with Crippen LogP contribution in [-0.2, 0) is 11.3 Å². The van der Waals surface area contributed by atoms with Gasteiger partial charge in [0.15, 0.2) is 5.69 Å². The zero-order valence-corrected chi connectivity index (χ0v) is 14.1. The fourth-order valence-electron chi connectivity index (χ4n) is 3.08. The summed E-state index contributed by atoms with van der Waals surface area (Å²) in [5.74, 6) is 0.0533. The smallest absolute Gasteiger partial charge is 0.360 e. The number of para-hydroxylation sites is 1. The first-order valence-electron chi connectivity index (χ1n) is 7.87. The number of hydrogen-bond donors (Lipinski definition) is 0. The third kappa shape index (κ3) is 2.81. The lowest BCUT2D eigenvalue weighted by atomic mass is 10.2. The Hall–Kier alpha value is -2.25. The van der Waals surface area contributed by atoms with Crippen molar-refractivity contribution in [1.29, 1.82) is 0 Å². The Kier molecular flexibility index (Phi) is 4.03. The van der Waals surface area contributed by atoms with Crippen molar-refractivity contribution in [3.8, 4) is 0 Å². The summed E-state index contributed by atoms with van der Waals surface area (Å²) in [5, 5.41) is 1.13. The molecule has 124 valence electrons. The van der Waals surface area contributed by atoms with Gasteiger partial charge in [0.2, 0.25) is 5.89 Å². The fraction of sp³-hybridized carbons (Fsp3) is 0.353. The summed E-state index contributed by atoms with van der Waals surface area (Å²) in [6.45, 7) is 1.54. The van der Waals surface area contributed by atoms with Gasteiger partial charge >= 0.3 is 5.97 Å². The van der Waals surface area contributed by atoms with E-state index in [1.807, 2.05) is 18.2 Å². The van der Waals surface area contributed by atoms with Gasteiger partial charge in [-0.25, -0.2) is 14.8 Å². The zero-order chi connectivity index (χ0) is 16.5. The minimum atomic E-state index is -0.478. The molecule has 0 spiro atoms. The number of rotatable bonds is 4. The molecule has 3 aromatic rings. The van der Waals surface area contributed by atoms with E-state index >= 15 is 0 Å². The molecule has 1 atom stereocenters. The van der Waals surface area contributed by atoms with Crippen molar-refractivity contribution in [2.45, 2.75) is 25.4 Å². The summed E-state index contributed by atoms with van der Waals surface area (Å²) in [5.41, 5.74) is 1.26. The van der Waals surface area contributed by atoms with Crippen molar-refractivity contribution in [1.82, 2.24) is 14.9 Å². The molecule has 0 radical (unpaired) electrons. The van der Waals surface area contributed by atoms with Crippen molar-refractivity contribution < 1.29 is 13.9 Å². The molecule has 0 unspecified atom stereocenters. The van der Waals surface area contributed by atoms with Crippen LogP contribution in [0.5, 0.6) is 0 Å². The number of likely N-dealkylation sites (tertiary alicyclic amines) is 1. The van der Waals surface area contributed by atoms with E-state index in [1.54, 1.807) is 11.3 Å². The van der Waals surface area contributed by atoms with Gasteiger partial charge in [-0.05, 0) is 31.5 Å². The molecule has 6 nitrogen and oxygen atoms in total. The van der Waals surface area contributed by atoms with Gasteiger partial charge < -0.3 is 9.15 Å². The lowest BCUT2D eigenvalue weighted by Gasteiger charge is -2.20. The molecule has 0 aliphatic carbocycles. The SMILES string of the molecule is COC(=O)c1coc(CN2CCC[C@H]2c2nc3ccccc3s2)n1. The van der Waals surface area contributed by atoms with Crippen LogP contribution in [0, 0.1) is 0 Å². The summed E-state index contributed by atoms with van der Waals surface area (Å²) in [6, 6.07) is 8.48. The van der Waals surface area contributed by atoms with Gasteiger partial charge in [0.05, 0.1) is 29.9 Å². The standard InChI is InChI=1S/C17H17N3O3S/c1-22-17(21)12-10-23-15(18-12)9-20-8-4-6-13(20)16-19-11-5-2-3-7-14(11)24-16/h2-3,5,7,10,13H,4,6,8-9H2,1H3/t13-/m0/s1. The third-order valence-electron chi connectivity index (χ3n) is 4.24. The lowest BCUT2D eigenvalue weighted by molar-refractivity contribution is 0.0594. The summed E-state index contributed by atoms with van der Waals surface area (Å²) in [4.78, 5) is 22.8. The van der Waals surface area contributed by atoms with Crippen molar-refractivity contribution >= 4 is 27.5 Å². The minimum Gasteiger partial charge on any atom is -0.464 e. The molecule has 0 amide bonds. The van der Waals surface area contributed by atoms with Crippen LogP contribution in [0.3, 0.4) is 0 Å². The third-order valence-corrected chi connectivity index (χ3v) is 5.38. The molecule has 1 fully saturated rings. The molecule has 24 heavy (non-hydrogen) atoms. The van der Waals surface area contributed by atoms with E-state index in [0.29, 0.717) is 12.4 Å². The van der Waals surface area contributed by atoms with Gasteiger partial charge in [0.1, 0.15) is 11.3 Å². The molecule has 2 aromatic heterocycles. The highest BCUT2D eigenvalue weighted by molar-refractivity contribution is 7.18. The Balaban J connectivity index is 1.54. The monoisotopic (exact) mass is 343 g/mol. The van der Waals surface area contributed by atoms with Gasteiger partial charge in [-0.15, -0.1) is 11.3 Å². The quantitative estimate of drug-likeness (QED) is 0.676. The van der Waals surface area contributed by atoms with Crippen LogP contribution in [0.1, 0.15) is 40.3 Å². The minimum absolute atomic E-state index is 0.211. The van der Waals surface area contributed by atoms with Gasteiger partial charge in [0, 0.05) is 0 Å². The number of methoxy groups -OCH3 is 1. The van der Waals surface area contributed by atoms with Crippen LogP contribution in [-0.4, -0.2) is 34.5 Å². The number of hydrogen-bond acceptors (Lipinski definition) is 7. The average molecular weight is 343 g/mol. The normalized spacial score (nSPS) is 18.3. The largest absolute Gasteiger partial charge is 0.464 e. The second kappa shape index (κ2) is 6.33. The summed E-state index contributed by atoms with van der Waals surface area (Å²) in [6.07, 6.45) is 3.54. The van der Waals surface area contributed by atoms with Gasteiger partial charge in [-0.3, -0.25) is 4.90 Å². The fourth-order valence-corrected chi connectivity index (χ4v) is 4.22. The second-order valence-electron chi connectivity index (χ2n) is 5.77. The first-order chi connectivity index (χ1) is 11.7. The van der Waals surface area contributed by atoms with Crippen molar-refractivity contribution in [2.75, 3.05) is 13.7 Å². The number of aromatic nitrogens is 2. The zero-order valence-electron chi connectivity index (χ0n) is 13.3. The molecule has 1 aliphatic heterocycles. The number of thiazole rings is 1. The first kappa shape index (κ1) is 15.3. The number of oxazole rings is 1. The molecule has 1 saturated heterocycles. The summed E-state index contributed by atoms with van der Waals surface area (Å²) in [7, 11) is 1.33. The number of carbonyl (C=O) groups is 1. The van der Waals surface area contributed by atoms with Gasteiger partial charge in [-0.2, -0.15) is 0 Å². The first-order valence-corrected chi connectivity index (χ1v) is 8.68. The Morgan fingerprint density at radius 2 is 2.29 bits per heavy atom. The average Bonchev–Trinajstić information content (AvgIpc) is 3.33. The number of fused-ring (bicyclic) bond motifs is 1. The molecular weight excluding hydrogens is 326 g/mol. The summed E-state index contributed by atoms with van der Waals surface area (Å²) < 4.78 is 11.3. The number of ether oxygens (including phenoxy) is 1. The van der Waals surface area contributed by atoms with Crippen LogP contribution >= 0.6 is 11.3 Å². The number of esters is 1. The van der Waals surface area contributed by atoms with E-state index in [1.165, 1.54) is 18.1 Å². The molecule has 3 heterocycles.